The van der Waals surface area contributed by atoms with Crippen molar-refractivity contribution < 1.29 is 17.4 Å². The second-order valence-corrected chi connectivity index (χ2v) is 5.86. The minimum atomic E-state index is -4.50. The minimum absolute atomic E-state index is 0.140. The molecule has 2 atom stereocenters. The quantitative estimate of drug-likeness (QED) is 0.927. The molecule has 3 nitrogen and oxygen atoms in total. The number of nitrogens with one attached hydrogen (secondary N) is 1. The first-order chi connectivity index (χ1) is 8.75. The second kappa shape index (κ2) is 6.06. The number of nitriles is 1. The molecule has 1 rings (SSSR count). The molecule has 0 radical (unpaired) electrons. The highest BCUT2D eigenvalue weighted by molar-refractivity contribution is 7.84. The van der Waals surface area contributed by atoms with Gasteiger partial charge in [-0.3, -0.25) is 4.21 Å². The van der Waals surface area contributed by atoms with Crippen molar-refractivity contribution in [2.24, 2.45) is 0 Å². The topological polar surface area (TPSA) is 52.9 Å². The molecule has 0 spiro atoms. The van der Waals surface area contributed by atoms with E-state index in [2.05, 4.69) is 5.32 Å². The maximum atomic E-state index is 12.8. The molecule has 0 fully saturated rings. The van der Waals surface area contributed by atoms with Crippen molar-refractivity contribution >= 4 is 16.5 Å². The van der Waals surface area contributed by atoms with E-state index in [1.54, 1.807) is 13.0 Å². The Labute approximate surface area is 111 Å². The van der Waals surface area contributed by atoms with Gasteiger partial charge in [0.05, 0.1) is 17.2 Å². The molecule has 0 saturated heterocycles. The predicted octanol–water partition coefficient (Wildman–Crippen LogP) is 2.76. The molecule has 1 aromatic rings. The Morgan fingerprint density at radius 3 is 2.58 bits per heavy atom. The van der Waals surface area contributed by atoms with Gasteiger partial charge in [0.2, 0.25) is 0 Å². The Balaban J connectivity index is 3.03. The van der Waals surface area contributed by atoms with E-state index in [0.717, 1.165) is 18.2 Å². The molecule has 2 unspecified atom stereocenters. The number of rotatable bonds is 4. The summed E-state index contributed by atoms with van der Waals surface area (Å²) in [7, 11) is -1.13. The third kappa shape index (κ3) is 4.24. The van der Waals surface area contributed by atoms with E-state index in [1.807, 2.05) is 0 Å². The van der Waals surface area contributed by atoms with Crippen LogP contribution in [0.15, 0.2) is 18.2 Å². The van der Waals surface area contributed by atoms with Gasteiger partial charge in [0.1, 0.15) is 0 Å². The maximum absolute atomic E-state index is 12.8. The lowest BCUT2D eigenvalue weighted by molar-refractivity contribution is -0.136. The fraction of sp³-hybridized carbons (Fsp3) is 0.417. The molecule has 0 saturated carbocycles. The van der Waals surface area contributed by atoms with E-state index in [1.165, 1.54) is 6.26 Å². The molecule has 1 N–H and O–H groups in total. The summed E-state index contributed by atoms with van der Waals surface area (Å²) in [6, 6.07) is 4.93. The monoisotopic (exact) mass is 290 g/mol. The highest BCUT2D eigenvalue weighted by atomic mass is 32.2. The summed E-state index contributed by atoms with van der Waals surface area (Å²) in [6.07, 6.45) is -3.01. The molecule has 104 valence electrons. The van der Waals surface area contributed by atoms with Crippen LogP contribution in [0.2, 0.25) is 0 Å². The predicted molar refractivity (Wildman–Crippen MR) is 68.2 cm³/mol. The molecule has 0 aliphatic carbocycles. The molecule has 0 aromatic heterocycles. The van der Waals surface area contributed by atoms with Gasteiger partial charge in [-0.2, -0.15) is 18.4 Å². The first-order valence-electron chi connectivity index (χ1n) is 5.43. The van der Waals surface area contributed by atoms with E-state index in [0.29, 0.717) is 0 Å². The number of anilines is 1. The highest BCUT2D eigenvalue weighted by Crippen LogP contribution is 2.35. The fourth-order valence-electron chi connectivity index (χ4n) is 1.38. The molecule has 0 aliphatic rings. The Hall–Kier alpha value is -1.55. The van der Waals surface area contributed by atoms with Gasteiger partial charge in [-0.25, -0.2) is 0 Å². The molecular formula is C12H13F3N2OS. The summed E-state index contributed by atoms with van der Waals surface area (Å²) in [5, 5.41) is 11.0. The van der Waals surface area contributed by atoms with Gasteiger partial charge in [0, 0.05) is 34.5 Å². The van der Waals surface area contributed by atoms with Crippen molar-refractivity contribution in [3.63, 3.8) is 0 Å². The lowest BCUT2D eigenvalue weighted by atomic mass is 10.1. The van der Waals surface area contributed by atoms with Crippen molar-refractivity contribution in [2.75, 3.05) is 18.1 Å². The van der Waals surface area contributed by atoms with E-state index in [-0.39, 0.29) is 23.0 Å². The fourth-order valence-corrected chi connectivity index (χ4v) is 1.70. The van der Waals surface area contributed by atoms with Gasteiger partial charge >= 0.3 is 6.18 Å². The van der Waals surface area contributed by atoms with Crippen LogP contribution in [0.5, 0.6) is 0 Å². The number of benzene rings is 1. The SMILES string of the molecule is CC(CNc1cc(C#N)ccc1C(F)(F)F)S(C)=O. The van der Waals surface area contributed by atoms with Gasteiger partial charge in [0.25, 0.3) is 0 Å². The van der Waals surface area contributed by atoms with Gasteiger partial charge < -0.3 is 5.32 Å². The van der Waals surface area contributed by atoms with Crippen molar-refractivity contribution in [1.29, 1.82) is 5.26 Å². The second-order valence-electron chi connectivity index (χ2n) is 4.06. The van der Waals surface area contributed by atoms with Crippen LogP contribution in [0.3, 0.4) is 0 Å². The van der Waals surface area contributed by atoms with Crippen LogP contribution in [0, 0.1) is 11.3 Å². The minimum Gasteiger partial charge on any atom is -0.383 e. The first kappa shape index (κ1) is 15.5. The van der Waals surface area contributed by atoms with Crippen LogP contribution in [-0.2, 0) is 17.0 Å². The first-order valence-corrected chi connectivity index (χ1v) is 7.05. The molecule has 1 aromatic carbocycles. The Morgan fingerprint density at radius 1 is 1.47 bits per heavy atom. The third-order valence-electron chi connectivity index (χ3n) is 2.60. The maximum Gasteiger partial charge on any atom is 0.418 e. The van der Waals surface area contributed by atoms with Gasteiger partial charge in [-0.1, -0.05) is 0 Å². The Bertz CT molecular complexity index is 523. The van der Waals surface area contributed by atoms with Crippen LogP contribution in [0.4, 0.5) is 18.9 Å². The summed E-state index contributed by atoms with van der Waals surface area (Å²) in [4.78, 5) is 0. The molecule has 0 bridgehead atoms. The molecule has 7 heteroatoms. The van der Waals surface area contributed by atoms with Crippen LogP contribution in [-0.4, -0.2) is 22.3 Å². The average molecular weight is 290 g/mol. The number of hydrogen-bond donors (Lipinski definition) is 1. The van der Waals surface area contributed by atoms with E-state index in [9.17, 15) is 17.4 Å². The largest absolute Gasteiger partial charge is 0.418 e. The highest BCUT2D eigenvalue weighted by Gasteiger charge is 2.33. The molecule has 0 amide bonds. The Kier molecular flexibility index (Phi) is 4.95. The molecule has 19 heavy (non-hydrogen) atoms. The lowest BCUT2D eigenvalue weighted by Gasteiger charge is -2.16. The summed E-state index contributed by atoms with van der Waals surface area (Å²) < 4.78 is 49.5. The van der Waals surface area contributed by atoms with Gasteiger partial charge in [-0.15, -0.1) is 0 Å². The van der Waals surface area contributed by atoms with Crippen molar-refractivity contribution in [1.82, 2.24) is 0 Å². The lowest BCUT2D eigenvalue weighted by Crippen LogP contribution is -2.22. The summed E-state index contributed by atoms with van der Waals surface area (Å²) in [5.41, 5.74) is -0.856. The molecule has 0 aliphatic heterocycles. The van der Waals surface area contributed by atoms with Crippen LogP contribution >= 0.6 is 0 Å². The van der Waals surface area contributed by atoms with Crippen LogP contribution in [0.25, 0.3) is 0 Å². The van der Waals surface area contributed by atoms with Crippen molar-refractivity contribution in [3.05, 3.63) is 29.3 Å². The zero-order chi connectivity index (χ0) is 14.6. The van der Waals surface area contributed by atoms with Gasteiger partial charge in [0.15, 0.2) is 0 Å². The van der Waals surface area contributed by atoms with Crippen LogP contribution < -0.4 is 5.32 Å². The number of nitrogens with zero attached hydrogens (tertiary/aromatic N) is 1. The number of alkyl halides is 3. The number of halogens is 3. The summed E-state index contributed by atoms with van der Waals surface area (Å²) in [6.45, 7) is 1.81. The zero-order valence-corrected chi connectivity index (χ0v) is 11.2. The Morgan fingerprint density at radius 2 is 2.11 bits per heavy atom. The average Bonchev–Trinajstić information content (AvgIpc) is 2.34. The standard InChI is InChI=1S/C12H13F3N2OS/c1-8(19(2)18)7-17-11-5-9(6-16)3-4-10(11)12(13,14)15/h3-5,8,17H,7H2,1-2H3. The molecule has 0 heterocycles. The summed E-state index contributed by atoms with van der Waals surface area (Å²) in [5.74, 6) is 0. The normalized spacial score (nSPS) is 14.5. The smallest absolute Gasteiger partial charge is 0.383 e. The van der Waals surface area contributed by atoms with E-state index >= 15 is 0 Å². The third-order valence-corrected chi connectivity index (χ3v) is 3.90. The van der Waals surface area contributed by atoms with Gasteiger partial charge in [-0.05, 0) is 25.1 Å². The van der Waals surface area contributed by atoms with Crippen LogP contribution in [0.1, 0.15) is 18.1 Å². The number of hydrogen-bond acceptors (Lipinski definition) is 3. The van der Waals surface area contributed by atoms with Crippen molar-refractivity contribution in [2.45, 2.75) is 18.3 Å². The summed E-state index contributed by atoms with van der Waals surface area (Å²) >= 11 is 0. The van der Waals surface area contributed by atoms with E-state index < -0.39 is 22.5 Å². The molecular weight excluding hydrogens is 277 g/mol. The van der Waals surface area contributed by atoms with E-state index in [4.69, 9.17) is 5.26 Å². The van der Waals surface area contributed by atoms with Crippen molar-refractivity contribution in [3.8, 4) is 6.07 Å². The zero-order valence-electron chi connectivity index (χ0n) is 10.4.